The predicted molar refractivity (Wildman–Crippen MR) is 135 cm³/mol. The molecule has 0 spiro atoms. The molecule has 3 aromatic rings. The summed E-state index contributed by atoms with van der Waals surface area (Å²) in [5.74, 6) is 1.24. The average Bonchev–Trinajstić information content (AvgIpc) is 3.49. The van der Waals surface area contributed by atoms with E-state index in [0.29, 0.717) is 28.9 Å². The Morgan fingerprint density at radius 1 is 1.24 bits per heavy atom. The molecule has 1 atom stereocenters. The molecule has 1 unspecified atom stereocenters. The zero-order valence-electron chi connectivity index (χ0n) is 19.2. The number of anilines is 3. The number of aromatic nitrogens is 2. The summed E-state index contributed by atoms with van der Waals surface area (Å²) in [6.45, 7) is 8.53. The summed E-state index contributed by atoms with van der Waals surface area (Å²) in [6.07, 6.45) is 2.81. The molecule has 10 heteroatoms. The summed E-state index contributed by atoms with van der Waals surface area (Å²) in [4.78, 5) is 13.3. The van der Waals surface area contributed by atoms with Crippen molar-refractivity contribution < 1.29 is 14.6 Å². The first-order valence-corrected chi connectivity index (χ1v) is 12.0. The molecule has 178 valence electrons. The lowest BCUT2D eigenvalue weighted by molar-refractivity contribution is 0.181. The van der Waals surface area contributed by atoms with Gasteiger partial charge >= 0.3 is 0 Å². The van der Waals surface area contributed by atoms with Crippen LogP contribution in [-0.2, 0) is 6.54 Å². The molecule has 0 radical (unpaired) electrons. The SMILES string of the molecule is C=C(Nc1cnccc1N1CCNCC1)c1csc(N2Cc3cc(OC)c(OC)cc3C2O)n1. The molecule has 34 heavy (non-hydrogen) atoms. The molecule has 1 aromatic carbocycles. The van der Waals surface area contributed by atoms with Crippen molar-refractivity contribution >= 4 is 33.5 Å². The van der Waals surface area contributed by atoms with E-state index < -0.39 is 6.23 Å². The first-order chi connectivity index (χ1) is 16.6. The molecule has 0 saturated carbocycles. The Hall–Kier alpha value is -3.34. The number of thiazole rings is 1. The van der Waals surface area contributed by atoms with Gasteiger partial charge in [-0.1, -0.05) is 6.58 Å². The second-order valence-corrected chi connectivity index (χ2v) is 8.99. The summed E-state index contributed by atoms with van der Waals surface area (Å²) in [5.41, 5.74) is 5.19. The average molecular weight is 481 g/mol. The molecule has 4 heterocycles. The summed E-state index contributed by atoms with van der Waals surface area (Å²) >= 11 is 1.47. The number of rotatable bonds is 7. The van der Waals surface area contributed by atoms with Crippen LogP contribution in [0.3, 0.4) is 0 Å². The van der Waals surface area contributed by atoms with Crippen molar-refractivity contribution in [1.29, 1.82) is 0 Å². The van der Waals surface area contributed by atoms with Crippen molar-refractivity contribution in [2.75, 3.05) is 55.5 Å². The number of piperazine rings is 1. The van der Waals surface area contributed by atoms with Crippen LogP contribution in [0.15, 0.2) is 42.6 Å². The fourth-order valence-electron chi connectivity index (χ4n) is 4.35. The zero-order chi connectivity index (χ0) is 23.7. The lowest BCUT2D eigenvalue weighted by atomic mass is 10.1. The molecule has 2 aromatic heterocycles. The lowest BCUT2D eigenvalue weighted by Crippen LogP contribution is -2.43. The minimum atomic E-state index is -0.812. The van der Waals surface area contributed by atoms with Crippen molar-refractivity contribution in [3.8, 4) is 11.5 Å². The molecule has 0 aliphatic carbocycles. The van der Waals surface area contributed by atoms with E-state index in [1.54, 1.807) is 14.2 Å². The largest absolute Gasteiger partial charge is 0.493 e. The maximum Gasteiger partial charge on any atom is 0.188 e. The number of ether oxygens (including phenoxy) is 2. The minimum Gasteiger partial charge on any atom is -0.493 e. The molecule has 1 saturated heterocycles. The summed E-state index contributed by atoms with van der Waals surface area (Å²) in [7, 11) is 3.19. The number of benzene rings is 1. The minimum absolute atomic E-state index is 0.527. The Balaban J connectivity index is 1.33. The second kappa shape index (κ2) is 9.49. The number of hydrogen-bond acceptors (Lipinski definition) is 10. The van der Waals surface area contributed by atoms with E-state index in [2.05, 4.69) is 27.1 Å². The van der Waals surface area contributed by atoms with Crippen LogP contribution >= 0.6 is 11.3 Å². The van der Waals surface area contributed by atoms with Crippen LogP contribution in [-0.4, -0.2) is 55.5 Å². The first kappa shape index (κ1) is 22.5. The van der Waals surface area contributed by atoms with Gasteiger partial charge in [-0.2, -0.15) is 0 Å². The first-order valence-electron chi connectivity index (χ1n) is 11.1. The summed E-state index contributed by atoms with van der Waals surface area (Å²) in [6, 6.07) is 5.76. The predicted octanol–water partition coefficient (Wildman–Crippen LogP) is 3.06. The second-order valence-electron chi connectivity index (χ2n) is 8.16. The smallest absolute Gasteiger partial charge is 0.188 e. The third-order valence-electron chi connectivity index (χ3n) is 6.15. The van der Waals surface area contributed by atoms with Crippen LogP contribution in [0.25, 0.3) is 5.70 Å². The van der Waals surface area contributed by atoms with Crippen LogP contribution in [0.4, 0.5) is 16.5 Å². The van der Waals surface area contributed by atoms with Gasteiger partial charge in [-0.25, -0.2) is 4.98 Å². The van der Waals surface area contributed by atoms with Gasteiger partial charge in [-0.05, 0) is 23.8 Å². The van der Waals surface area contributed by atoms with Gasteiger partial charge < -0.3 is 35.0 Å². The Morgan fingerprint density at radius 2 is 2.00 bits per heavy atom. The van der Waals surface area contributed by atoms with E-state index in [1.807, 2.05) is 40.9 Å². The molecule has 3 N–H and O–H groups in total. The van der Waals surface area contributed by atoms with Crippen LogP contribution in [0, 0.1) is 0 Å². The molecule has 0 bridgehead atoms. The highest BCUT2D eigenvalue weighted by molar-refractivity contribution is 7.13. The number of pyridine rings is 1. The van der Waals surface area contributed by atoms with Gasteiger partial charge in [0.1, 0.15) is 0 Å². The maximum absolute atomic E-state index is 11.0. The van der Waals surface area contributed by atoms with E-state index in [4.69, 9.17) is 14.5 Å². The van der Waals surface area contributed by atoms with Crippen molar-refractivity contribution in [1.82, 2.24) is 15.3 Å². The number of nitrogens with zero attached hydrogens (tertiary/aromatic N) is 4. The van der Waals surface area contributed by atoms with Crippen LogP contribution in [0.2, 0.25) is 0 Å². The van der Waals surface area contributed by atoms with Crippen LogP contribution in [0.1, 0.15) is 23.0 Å². The van der Waals surface area contributed by atoms with Gasteiger partial charge in [0.2, 0.25) is 0 Å². The van der Waals surface area contributed by atoms with E-state index in [-0.39, 0.29) is 0 Å². The van der Waals surface area contributed by atoms with Gasteiger partial charge in [-0.15, -0.1) is 11.3 Å². The van der Waals surface area contributed by atoms with Crippen molar-refractivity contribution in [2.45, 2.75) is 12.8 Å². The fraction of sp³-hybridized carbons (Fsp3) is 0.333. The summed E-state index contributed by atoms with van der Waals surface area (Å²) < 4.78 is 10.8. The highest BCUT2D eigenvalue weighted by Crippen LogP contribution is 2.42. The normalized spacial score (nSPS) is 17.4. The highest BCUT2D eigenvalue weighted by atomic mass is 32.1. The summed E-state index contributed by atoms with van der Waals surface area (Å²) in [5, 5.41) is 20.4. The van der Waals surface area contributed by atoms with Gasteiger partial charge in [0, 0.05) is 49.9 Å². The Labute approximate surface area is 202 Å². The quantitative estimate of drug-likeness (QED) is 0.472. The lowest BCUT2D eigenvalue weighted by Gasteiger charge is -2.31. The zero-order valence-corrected chi connectivity index (χ0v) is 20.1. The number of aliphatic hydroxyl groups is 1. The molecular formula is C24H28N6O3S. The standard InChI is InChI=1S/C24H28N6O3S/c1-15(27-18-12-26-5-4-20(18)29-8-6-25-7-9-29)19-14-34-24(28-19)30-13-16-10-21(32-2)22(33-3)11-17(16)23(30)31/h4-5,10-12,14,23,25,27,31H,1,6-9,13H2,2-3H3. The molecular weight excluding hydrogens is 452 g/mol. The van der Waals surface area contributed by atoms with E-state index in [0.717, 1.165) is 54.4 Å². The molecule has 5 rings (SSSR count). The van der Waals surface area contributed by atoms with Gasteiger partial charge in [-0.3, -0.25) is 4.98 Å². The topological polar surface area (TPSA) is 95.0 Å². The van der Waals surface area contributed by atoms with E-state index >= 15 is 0 Å². The van der Waals surface area contributed by atoms with E-state index in [9.17, 15) is 5.11 Å². The molecule has 1 fully saturated rings. The van der Waals surface area contributed by atoms with Crippen molar-refractivity contribution in [3.63, 3.8) is 0 Å². The van der Waals surface area contributed by atoms with Gasteiger partial charge in [0.05, 0.1) is 43.2 Å². The Morgan fingerprint density at radius 3 is 2.76 bits per heavy atom. The third kappa shape index (κ3) is 4.15. The highest BCUT2D eigenvalue weighted by Gasteiger charge is 2.32. The van der Waals surface area contributed by atoms with Crippen LogP contribution < -0.4 is 29.9 Å². The number of methoxy groups -OCH3 is 2. The number of hydrogen-bond donors (Lipinski definition) is 3. The van der Waals surface area contributed by atoms with Crippen LogP contribution in [0.5, 0.6) is 11.5 Å². The van der Waals surface area contributed by atoms with Gasteiger partial charge in [0.15, 0.2) is 22.9 Å². The molecule has 0 amide bonds. The number of aliphatic hydroxyl groups excluding tert-OH is 1. The number of fused-ring (bicyclic) bond motifs is 1. The molecule has 2 aliphatic rings. The Bertz CT molecular complexity index is 1190. The van der Waals surface area contributed by atoms with Crippen molar-refractivity contribution in [3.05, 3.63) is 59.4 Å². The molecule has 2 aliphatic heterocycles. The third-order valence-corrected chi connectivity index (χ3v) is 7.03. The molecule has 9 nitrogen and oxygen atoms in total. The Kier molecular flexibility index (Phi) is 6.27. The fourth-order valence-corrected chi connectivity index (χ4v) is 5.21. The maximum atomic E-state index is 11.0. The van der Waals surface area contributed by atoms with Gasteiger partial charge in [0.25, 0.3) is 0 Å². The van der Waals surface area contributed by atoms with E-state index in [1.165, 1.54) is 11.3 Å². The monoisotopic (exact) mass is 480 g/mol. The number of nitrogens with one attached hydrogen (secondary N) is 2. The van der Waals surface area contributed by atoms with Crippen molar-refractivity contribution in [2.24, 2.45) is 0 Å².